The van der Waals surface area contributed by atoms with Crippen molar-refractivity contribution in [2.24, 2.45) is 0 Å². The lowest BCUT2D eigenvalue weighted by Crippen LogP contribution is -2.50. The van der Waals surface area contributed by atoms with Gasteiger partial charge in [-0.2, -0.15) is 0 Å². The molecule has 6 heteroatoms. The molecule has 0 aliphatic rings. The van der Waals surface area contributed by atoms with Crippen molar-refractivity contribution >= 4 is 17.7 Å². The number of carbonyl (C=O) groups excluding carboxylic acids is 1. The molecule has 0 radical (unpaired) electrons. The maximum atomic E-state index is 11.9. The first-order chi connectivity index (χ1) is 9.42. The Balaban J connectivity index is 2.55. The molecule has 1 unspecified atom stereocenters. The molecule has 20 heavy (non-hydrogen) atoms. The molecule has 5 nitrogen and oxygen atoms in total. The number of nitrogens with zero attached hydrogens (tertiary/aromatic N) is 1. The minimum absolute atomic E-state index is 0.230. The van der Waals surface area contributed by atoms with Gasteiger partial charge in [-0.15, -0.1) is 0 Å². The largest absolute Gasteiger partial charge is 0.468 e. The van der Waals surface area contributed by atoms with Crippen LogP contribution in [0.2, 0.25) is 0 Å². The third-order valence-electron chi connectivity index (χ3n) is 3.24. The molecule has 1 aromatic rings. The lowest BCUT2D eigenvalue weighted by molar-refractivity contribution is -0.148. The topological polar surface area (TPSA) is 64.4 Å². The maximum Gasteiger partial charge on any atom is 0.325 e. The van der Waals surface area contributed by atoms with Gasteiger partial charge in [0.25, 0.3) is 5.22 Å². The summed E-state index contributed by atoms with van der Waals surface area (Å²) in [5.41, 5.74) is 0.251. The summed E-state index contributed by atoms with van der Waals surface area (Å²) in [5.74, 6) is 1.35. The van der Waals surface area contributed by atoms with E-state index in [0.717, 1.165) is 30.2 Å². The third kappa shape index (κ3) is 4.52. The summed E-state index contributed by atoms with van der Waals surface area (Å²) in [4.78, 5) is 16.2. The second-order valence-corrected chi connectivity index (χ2v) is 6.02. The first-order valence-electron chi connectivity index (χ1n) is 6.83. The maximum absolute atomic E-state index is 11.9. The van der Waals surface area contributed by atoms with Crippen molar-refractivity contribution in [3.8, 4) is 0 Å². The first-order valence-corrected chi connectivity index (χ1v) is 7.81. The van der Waals surface area contributed by atoms with E-state index in [2.05, 4.69) is 17.2 Å². The standard InChI is InChI=1S/C14H24N2O3S/c1-6-8-15-14(4,12(17)18-5)7-9-20-13-16-10(2)11(3)19-13/h15H,6-9H2,1-5H3. The molecule has 0 aromatic carbocycles. The summed E-state index contributed by atoms with van der Waals surface area (Å²) in [6.07, 6.45) is 1.63. The molecule has 1 rings (SSSR count). The first kappa shape index (κ1) is 17.0. The minimum atomic E-state index is -0.658. The van der Waals surface area contributed by atoms with Gasteiger partial charge in [-0.05, 0) is 40.2 Å². The van der Waals surface area contributed by atoms with Crippen LogP contribution in [0.15, 0.2) is 9.64 Å². The molecule has 0 saturated heterocycles. The summed E-state index contributed by atoms with van der Waals surface area (Å²) >= 11 is 1.52. The molecule has 0 aliphatic carbocycles. The highest BCUT2D eigenvalue weighted by Gasteiger charge is 2.33. The monoisotopic (exact) mass is 300 g/mol. The molecule has 1 atom stereocenters. The van der Waals surface area contributed by atoms with Crippen molar-refractivity contribution in [2.75, 3.05) is 19.4 Å². The lowest BCUT2D eigenvalue weighted by Gasteiger charge is -2.27. The van der Waals surface area contributed by atoms with Gasteiger partial charge in [0.1, 0.15) is 11.3 Å². The van der Waals surface area contributed by atoms with Gasteiger partial charge in [-0.1, -0.05) is 18.7 Å². The van der Waals surface area contributed by atoms with E-state index in [-0.39, 0.29) is 5.97 Å². The number of aromatic nitrogens is 1. The fourth-order valence-corrected chi connectivity index (χ4v) is 2.81. The molecule has 0 amide bonds. The Bertz CT molecular complexity index is 428. The zero-order chi connectivity index (χ0) is 15.2. The van der Waals surface area contributed by atoms with E-state index in [4.69, 9.17) is 9.15 Å². The van der Waals surface area contributed by atoms with Crippen LogP contribution < -0.4 is 5.32 Å². The Morgan fingerprint density at radius 1 is 1.50 bits per heavy atom. The van der Waals surface area contributed by atoms with Crippen LogP contribution in [0.4, 0.5) is 0 Å². The number of methoxy groups -OCH3 is 1. The van der Waals surface area contributed by atoms with E-state index in [0.29, 0.717) is 11.6 Å². The highest BCUT2D eigenvalue weighted by Crippen LogP contribution is 2.24. The van der Waals surface area contributed by atoms with Gasteiger partial charge in [0.05, 0.1) is 12.8 Å². The molecule has 0 aliphatic heterocycles. The Kier molecular flexibility index (Phi) is 6.55. The van der Waals surface area contributed by atoms with Gasteiger partial charge in [0.2, 0.25) is 0 Å². The number of oxazole rings is 1. The Morgan fingerprint density at radius 3 is 2.70 bits per heavy atom. The molecule has 1 N–H and O–H groups in total. The van der Waals surface area contributed by atoms with E-state index in [1.165, 1.54) is 18.9 Å². The molecule has 0 saturated carbocycles. The smallest absolute Gasteiger partial charge is 0.325 e. The zero-order valence-electron chi connectivity index (χ0n) is 12.9. The summed E-state index contributed by atoms with van der Waals surface area (Å²) < 4.78 is 10.4. The number of ether oxygens (including phenoxy) is 1. The van der Waals surface area contributed by atoms with Gasteiger partial charge in [-0.25, -0.2) is 4.98 Å². The van der Waals surface area contributed by atoms with Crippen LogP contribution in [0.3, 0.4) is 0 Å². The van der Waals surface area contributed by atoms with E-state index in [1.807, 2.05) is 20.8 Å². The number of hydrogen-bond acceptors (Lipinski definition) is 6. The van der Waals surface area contributed by atoms with Crippen molar-refractivity contribution in [1.29, 1.82) is 0 Å². The number of aryl methyl sites for hydroxylation is 2. The average molecular weight is 300 g/mol. The van der Waals surface area contributed by atoms with Crippen LogP contribution in [0.1, 0.15) is 38.1 Å². The molecule has 1 aromatic heterocycles. The highest BCUT2D eigenvalue weighted by atomic mass is 32.2. The van der Waals surface area contributed by atoms with E-state index < -0.39 is 5.54 Å². The summed E-state index contributed by atoms with van der Waals surface area (Å²) in [5, 5.41) is 3.92. The molecule has 114 valence electrons. The third-order valence-corrected chi connectivity index (χ3v) is 4.07. The molecule has 0 bridgehead atoms. The Morgan fingerprint density at radius 2 is 2.20 bits per heavy atom. The molecule has 0 spiro atoms. The van der Waals surface area contributed by atoms with Crippen LogP contribution in [0.5, 0.6) is 0 Å². The second kappa shape index (κ2) is 7.69. The molecular formula is C14H24N2O3S. The van der Waals surface area contributed by atoms with Crippen LogP contribution in [0, 0.1) is 13.8 Å². The zero-order valence-corrected chi connectivity index (χ0v) is 13.7. The fraction of sp³-hybridized carbons (Fsp3) is 0.714. The Labute approximate surface area is 124 Å². The average Bonchev–Trinajstić information content (AvgIpc) is 2.74. The molecular weight excluding hydrogens is 276 g/mol. The van der Waals surface area contributed by atoms with Gasteiger partial charge < -0.3 is 14.5 Å². The van der Waals surface area contributed by atoms with Crippen LogP contribution >= 0.6 is 11.8 Å². The Hall–Kier alpha value is -1.01. The van der Waals surface area contributed by atoms with Gasteiger partial charge in [0, 0.05) is 5.75 Å². The van der Waals surface area contributed by atoms with Crippen molar-refractivity contribution in [3.63, 3.8) is 0 Å². The minimum Gasteiger partial charge on any atom is -0.468 e. The van der Waals surface area contributed by atoms with Crippen molar-refractivity contribution < 1.29 is 13.9 Å². The summed E-state index contributed by atoms with van der Waals surface area (Å²) in [6, 6.07) is 0. The van der Waals surface area contributed by atoms with Crippen molar-refractivity contribution in [1.82, 2.24) is 10.3 Å². The quantitative estimate of drug-likeness (QED) is 0.588. The second-order valence-electron chi connectivity index (χ2n) is 4.97. The van der Waals surface area contributed by atoms with Crippen LogP contribution in [-0.2, 0) is 9.53 Å². The summed E-state index contributed by atoms with van der Waals surface area (Å²) in [7, 11) is 1.42. The number of nitrogens with one attached hydrogen (secondary N) is 1. The number of carbonyl (C=O) groups is 1. The predicted molar refractivity (Wildman–Crippen MR) is 80.0 cm³/mol. The van der Waals surface area contributed by atoms with Crippen LogP contribution in [-0.4, -0.2) is 35.9 Å². The molecule has 0 fully saturated rings. The van der Waals surface area contributed by atoms with E-state index in [9.17, 15) is 4.79 Å². The van der Waals surface area contributed by atoms with E-state index in [1.54, 1.807) is 0 Å². The van der Waals surface area contributed by atoms with Gasteiger partial charge in [-0.3, -0.25) is 4.79 Å². The number of hydrogen-bond donors (Lipinski definition) is 1. The predicted octanol–water partition coefficient (Wildman–Crippen LogP) is 2.70. The highest BCUT2D eigenvalue weighted by molar-refractivity contribution is 7.99. The number of esters is 1. The number of thioether (sulfide) groups is 1. The van der Waals surface area contributed by atoms with E-state index >= 15 is 0 Å². The fourth-order valence-electron chi connectivity index (χ4n) is 1.74. The van der Waals surface area contributed by atoms with Crippen molar-refractivity contribution in [2.45, 2.75) is 51.3 Å². The van der Waals surface area contributed by atoms with Crippen LogP contribution in [0.25, 0.3) is 0 Å². The lowest BCUT2D eigenvalue weighted by atomic mass is 9.99. The summed E-state index contributed by atoms with van der Waals surface area (Å²) in [6.45, 7) is 8.55. The van der Waals surface area contributed by atoms with Gasteiger partial charge >= 0.3 is 5.97 Å². The van der Waals surface area contributed by atoms with Crippen molar-refractivity contribution in [3.05, 3.63) is 11.5 Å². The van der Waals surface area contributed by atoms with Gasteiger partial charge in [0.15, 0.2) is 0 Å². The SMILES string of the molecule is CCCNC(C)(CCSc1nc(C)c(C)o1)C(=O)OC. The normalized spacial score (nSPS) is 14.1. The number of rotatable bonds is 8. The molecule has 1 heterocycles.